The number of phenolic OH excluding ortho intramolecular Hbond substituents is 3. The van der Waals surface area contributed by atoms with Gasteiger partial charge >= 0.3 is 5.97 Å². The first-order chi connectivity index (χ1) is 17.4. The second-order valence-corrected chi connectivity index (χ2v) is 8.26. The Morgan fingerprint density at radius 2 is 1.72 bits per heavy atom. The number of hydrogen-bond donors (Lipinski definition) is 3. The topological polar surface area (TPSA) is 130 Å². The van der Waals surface area contributed by atoms with E-state index in [-0.39, 0.29) is 28.7 Å². The summed E-state index contributed by atoms with van der Waals surface area (Å²) in [5.74, 6) is -3.77. The number of rotatable bonds is 5. The molecule has 36 heavy (non-hydrogen) atoms. The Bertz CT molecular complexity index is 1670. The Balaban J connectivity index is 1.90. The molecule has 0 amide bonds. The summed E-state index contributed by atoms with van der Waals surface area (Å²) in [7, 11) is 1.24. The molecule has 2 heterocycles. The van der Waals surface area contributed by atoms with Gasteiger partial charge in [-0.15, -0.1) is 0 Å². The number of pyridine rings is 1. The van der Waals surface area contributed by atoms with Crippen molar-refractivity contribution in [3.63, 3.8) is 0 Å². The number of carbonyl (C=O) groups excluding carboxylic acids is 1. The van der Waals surface area contributed by atoms with Crippen molar-refractivity contribution in [2.45, 2.75) is 12.3 Å². The molecule has 180 valence electrons. The van der Waals surface area contributed by atoms with Gasteiger partial charge in [-0.05, 0) is 11.6 Å². The van der Waals surface area contributed by atoms with Crippen molar-refractivity contribution in [1.29, 1.82) is 0 Å². The average molecular weight is 483 g/mol. The quantitative estimate of drug-likeness (QED) is 0.240. The third-order valence-corrected chi connectivity index (χ3v) is 6.18. The first kappa shape index (κ1) is 22.9. The highest BCUT2D eigenvalue weighted by Gasteiger charge is 2.32. The molecular formula is C28H21NO7. The van der Waals surface area contributed by atoms with E-state index in [1.165, 1.54) is 13.2 Å². The molecule has 5 aromatic rings. The summed E-state index contributed by atoms with van der Waals surface area (Å²) in [5, 5.41) is 32.7. The smallest absolute Gasteiger partial charge is 0.306 e. The molecule has 3 aromatic carbocycles. The molecule has 0 bridgehead atoms. The fourth-order valence-corrected chi connectivity index (χ4v) is 4.47. The number of aromatic nitrogens is 1. The van der Waals surface area contributed by atoms with Gasteiger partial charge in [-0.3, -0.25) is 14.6 Å². The van der Waals surface area contributed by atoms with Gasteiger partial charge in [0, 0.05) is 34.7 Å². The summed E-state index contributed by atoms with van der Waals surface area (Å²) >= 11 is 0. The normalized spacial score (nSPS) is 12.0. The van der Waals surface area contributed by atoms with E-state index >= 15 is 0 Å². The number of aromatic hydroxyl groups is 3. The van der Waals surface area contributed by atoms with Crippen LogP contribution in [0.1, 0.15) is 23.5 Å². The monoisotopic (exact) mass is 483 g/mol. The lowest BCUT2D eigenvalue weighted by Crippen LogP contribution is -2.13. The first-order valence-electron chi connectivity index (χ1n) is 11.1. The summed E-state index contributed by atoms with van der Waals surface area (Å²) in [6, 6.07) is 19.0. The fraction of sp³-hybridized carbons (Fsp3) is 0.107. The lowest BCUT2D eigenvalue weighted by atomic mass is 9.85. The van der Waals surface area contributed by atoms with Gasteiger partial charge in [0.15, 0.2) is 16.9 Å². The second-order valence-electron chi connectivity index (χ2n) is 8.26. The van der Waals surface area contributed by atoms with E-state index in [0.717, 1.165) is 5.39 Å². The van der Waals surface area contributed by atoms with Crippen LogP contribution >= 0.6 is 0 Å². The molecule has 5 rings (SSSR count). The van der Waals surface area contributed by atoms with Crippen LogP contribution in [0.25, 0.3) is 33.2 Å². The first-order valence-corrected chi connectivity index (χ1v) is 11.1. The highest BCUT2D eigenvalue weighted by atomic mass is 16.5. The molecule has 0 fully saturated rings. The maximum Gasteiger partial charge on any atom is 0.306 e. The number of hydrogen-bond acceptors (Lipinski definition) is 8. The highest BCUT2D eigenvalue weighted by Crippen LogP contribution is 2.50. The van der Waals surface area contributed by atoms with Crippen LogP contribution in [0.15, 0.2) is 82.1 Å². The van der Waals surface area contributed by atoms with E-state index in [1.54, 1.807) is 48.7 Å². The lowest BCUT2D eigenvalue weighted by molar-refractivity contribution is -0.140. The predicted molar refractivity (Wildman–Crippen MR) is 133 cm³/mol. The Labute approximate surface area is 204 Å². The van der Waals surface area contributed by atoms with Gasteiger partial charge in [-0.2, -0.15) is 0 Å². The van der Waals surface area contributed by atoms with Gasteiger partial charge in [-0.1, -0.05) is 54.6 Å². The van der Waals surface area contributed by atoms with Gasteiger partial charge in [-0.25, -0.2) is 0 Å². The molecule has 0 aliphatic carbocycles. The molecular weight excluding hydrogens is 462 g/mol. The Kier molecular flexibility index (Phi) is 5.77. The number of para-hydroxylation sites is 1. The standard InChI is InChI=1S/C28H21NO7/c1-35-21(31)13-18(17-11-5-9-16-10-6-12-29-24(16)17)22-25(32)27(34)26(33)23-19(30)14-20(36-28(22)23)15-7-3-2-4-8-15/h2-12,14,18,32-34H,13H2,1H3/t18-/m1/s1. The Hall–Kier alpha value is -4.85. The summed E-state index contributed by atoms with van der Waals surface area (Å²) in [6.07, 6.45) is 1.33. The van der Waals surface area contributed by atoms with Crippen molar-refractivity contribution >= 4 is 27.8 Å². The third-order valence-electron chi connectivity index (χ3n) is 6.18. The Morgan fingerprint density at radius 3 is 2.47 bits per heavy atom. The van der Waals surface area contributed by atoms with Gasteiger partial charge in [0.05, 0.1) is 19.0 Å². The molecule has 8 heteroatoms. The molecule has 3 N–H and O–H groups in total. The summed E-state index contributed by atoms with van der Waals surface area (Å²) in [6.45, 7) is 0. The number of methoxy groups -OCH3 is 1. The number of ether oxygens (including phenoxy) is 1. The molecule has 0 unspecified atom stereocenters. The van der Waals surface area contributed by atoms with E-state index in [4.69, 9.17) is 9.15 Å². The van der Waals surface area contributed by atoms with E-state index < -0.39 is 34.6 Å². The van der Waals surface area contributed by atoms with Crippen molar-refractivity contribution in [1.82, 2.24) is 4.98 Å². The largest absolute Gasteiger partial charge is 0.504 e. The lowest BCUT2D eigenvalue weighted by Gasteiger charge is -2.22. The zero-order chi connectivity index (χ0) is 25.4. The number of phenols is 3. The maximum atomic E-state index is 13.1. The van der Waals surface area contributed by atoms with Crippen molar-refractivity contribution in [2.24, 2.45) is 0 Å². The number of benzene rings is 3. The van der Waals surface area contributed by atoms with Gasteiger partial charge < -0.3 is 24.5 Å². The zero-order valence-corrected chi connectivity index (χ0v) is 19.1. The molecule has 0 saturated carbocycles. The Morgan fingerprint density at radius 1 is 0.972 bits per heavy atom. The van der Waals surface area contributed by atoms with E-state index in [2.05, 4.69) is 4.98 Å². The third kappa shape index (κ3) is 3.78. The van der Waals surface area contributed by atoms with Crippen LogP contribution in [0.4, 0.5) is 0 Å². The van der Waals surface area contributed by atoms with Gasteiger partial charge in [0.25, 0.3) is 0 Å². The number of nitrogens with zero attached hydrogens (tertiary/aromatic N) is 1. The highest BCUT2D eigenvalue weighted by molar-refractivity contribution is 5.94. The van der Waals surface area contributed by atoms with E-state index in [1.807, 2.05) is 18.2 Å². The maximum absolute atomic E-state index is 13.1. The summed E-state index contributed by atoms with van der Waals surface area (Å²) in [4.78, 5) is 30.1. The van der Waals surface area contributed by atoms with Crippen LogP contribution in [0.5, 0.6) is 17.2 Å². The van der Waals surface area contributed by atoms with Crippen LogP contribution in [0.3, 0.4) is 0 Å². The van der Waals surface area contributed by atoms with Crippen LogP contribution in [-0.4, -0.2) is 33.4 Å². The number of fused-ring (bicyclic) bond motifs is 2. The van der Waals surface area contributed by atoms with Crippen LogP contribution in [0.2, 0.25) is 0 Å². The number of carbonyl (C=O) groups is 1. The van der Waals surface area contributed by atoms with Crippen molar-refractivity contribution in [3.8, 4) is 28.6 Å². The predicted octanol–water partition coefficient (Wildman–Crippen LogP) is 4.82. The van der Waals surface area contributed by atoms with Crippen LogP contribution in [-0.2, 0) is 9.53 Å². The van der Waals surface area contributed by atoms with E-state index in [9.17, 15) is 24.9 Å². The minimum atomic E-state index is -0.945. The molecule has 2 aromatic heterocycles. The van der Waals surface area contributed by atoms with Crippen molar-refractivity contribution < 1.29 is 29.3 Å². The van der Waals surface area contributed by atoms with Crippen molar-refractivity contribution in [2.75, 3.05) is 7.11 Å². The molecule has 0 aliphatic heterocycles. The van der Waals surface area contributed by atoms with Crippen LogP contribution < -0.4 is 5.43 Å². The summed E-state index contributed by atoms with van der Waals surface area (Å²) in [5.41, 5.74) is 0.848. The molecule has 0 saturated heterocycles. The molecule has 0 aliphatic rings. The zero-order valence-electron chi connectivity index (χ0n) is 19.1. The minimum absolute atomic E-state index is 0.0428. The fourth-order valence-electron chi connectivity index (χ4n) is 4.47. The average Bonchev–Trinajstić information content (AvgIpc) is 2.91. The molecule has 8 nitrogen and oxygen atoms in total. The summed E-state index contributed by atoms with van der Waals surface area (Å²) < 4.78 is 11.0. The molecule has 0 spiro atoms. The van der Waals surface area contributed by atoms with Crippen molar-refractivity contribution in [3.05, 3.63) is 94.3 Å². The SMILES string of the molecule is COC(=O)C[C@H](c1cccc2cccnc12)c1c(O)c(O)c(O)c2c(=O)cc(-c3ccccc3)oc12. The van der Waals surface area contributed by atoms with Gasteiger partial charge in [0.2, 0.25) is 5.75 Å². The van der Waals surface area contributed by atoms with Gasteiger partial charge in [0.1, 0.15) is 16.7 Å². The van der Waals surface area contributed by atoms with E-state index in [0.29, 0.717) is 16.6 Å². The number of esters is 1. The molecule has 1 atom stereocenters. The second kappa shape index (κ2) is 9.07. The molecule has 0 radical (unpaired) electrons. The van der Waals surface area contributed by atoms with Crippen LogP contribution in [0, 0.1) is 0 Å². The minimum Gasteiger partial charge on any atom is -0.504 e.